The van der Waals surface area contributed by atoms with E-state index in [1.165, 1.54) is 19.2 Å². The van der Waals surface area contributed by atoms with E-state index >= 15 is 0 Å². The van der Waals surface area contributed by atoms with Gasteiger partial charge in [-0.3, -0.25) is 0 Å². The highest BCUT2D eigenvalue weighted by Gasteiger charge is 2.27. The van der Waals surface area contributed by atoms with Gasteiger partial charge >= 0.3 is 5.97 Å². The Labute approximate surface area is 117 Å². The highest BCUT2D eigenvalue weighted by molar-refractivity contribution is 6.21. The normalized spacial score (nSPS) is 22.8. The average molecular weight is 285 g/mol. The molecule has 0 radical (unpaired) electrons. The van der Waals surface area contributed by atoms with Gasteiger partial charge in [0.2, 0.25) is 0 Å². The number of hydrogen-bond acceptors (Lipinski definition) is 4. The fourth-order valence-electron chi connectivity index (χ4n) is 2.20. The van der Waals surface area contributed by atoms with Crippen LogP contribution in [0.25, 0.3) is 0 Å². The van der Waals surface area contributed by atoms with Crippen LogP contribution in [-0.4, -0.2) is 29.7 Å². The summed E-state index contributed by atoms with van der Waals surface area (Å²) in [4.78, 5) is 12.0. The summed E-state index contributed by atoms with van der Waals surface area (Å²) >= 11 is 6.14. The van der Waals surface area contributed by atoms with E-state index in [0.717, 1.165) is 25.7 Å². The molecule has 1 fully saturated rings. The molecule has 1 aromatic carbocycles. The van der Waals surface area contributed by atoms with Crippen molar-refractivity contribution in [1.82, 2.24) is 0 Å². The largest absolute Gasteiger partial charge is 0.507 e. The molecule has 1 aliphatic carbocycles. The van der Waals surface area contributed by atoms with Gasteiger partial charge in [0.05, 0.1) is 12.5 Å². The Morgan fingerprint density at radius 1 is 1.37 bits per heavy atom. The number of benzene rings is 1. The third kappa shape index (κ3) is 3.32. The fraction of sp³-hybridized carbons (Fsp3) is 0.500. The number of halogens is 1. The fourth-order valence-corrected chi connectivity index (χ4v) is 2.53. The predicted molar refractivity (Wildman–Crippen MR) is 72.0 cm³/mol. The molecule has 4 nitrogen and oxygen atoms in total. The smallest absolute Gasteiger partial charge is 0.342 e. The van der Waals surface area contributed by atoms with Crippen molar-refractivity contribution in [2.75, 3.05) is 7.11 Å². The predicted octanol–water partition coefficient (Wildman–Crippen LogP) is 3.11. The van der Waals surface area contributed by atoms with E-state index in [2.05, 4.69) is 0 Å². The lowest BCUT2D eigenvalue weighted by atomic mass is 9.97. The van der Waals surface area contributed by atoms with E-state index in [1.54, 1.807) is 6.07 Å². The van der Waals surface area contributed by atoms with Crippen molar-refractivity contribution in [3.8, 4) is 11.5 Å². The molecule has 1 aromatic rings. The van der Waals surface area contributed by atoms with Crippen LogP contribution in [0.2, 0.25) is 0 Å². The molecule has 0 bridgehead atoms. The summed E-state index contributed by atoms with van der Waals surface area (Å²) in [5, 5.41) is 9.63. The van der Waals surface area contributed by atoms with E-state index in [0.29, 0.717) is 5.75 Å². The number of alkyl halides is 1. The van der Waals surface area contributed by atoms with Gasteiger partial charge in [-0.05, 0) is 31.4 Å². The number of carbonyl (C=O) groups excluding carboxylic acids is 1. The summed E-state index contributed by atoms with van der Waals surface area (Å²) < 4.78 is 10.3. The quantitative estimate of drug-likeness (QED) is 0.684. The average Bonchev–Trinajstić information content (AvgIpc) is 2.41. The first kappa shape index (κ1) is 14.0. The number of phenolic OH excluding ortho intramolecular Hbond substituents is 1. The lowest BCUT2D eigenvalue weighted by Crippen LogP contribution is -2.30. The monoisotopic (exact) mass is 284 g/mol. The second-order valence-corrected chi connectivity index (χ2v) is 5.19. The minimum absolute atomic E-state index is 0.134. The maximum absolute atomic E-state index is 12.0. The van der Waals surface area contributed by atoms with Gasteiger partial charge in [0.15, 0.2) is 0 Å². The second-order valence-electron chi connectivity index (χ2n) is 4.63. The van der Waals surface area contributed by atoms with E-state index in [1.807, 2.05) is 0 Å². The Morgan fingerprint density at radius 3 is 2.74 bits per heavy atom. The van der Waals surface area contributed by atoms with E-state index in [-0.39, 0.29) is 22.8 Å². The summed E-state index contributed by atoms with van der Waals surface area (Å²) in [5.41, 5.74) is 0.134. The van der Waals surface area contributed by atoms with Gasteiger partial charge in [-0.25, -0.2) is 4.79 Å². The van der Waals surface area contributed by atoms with Crippen molar-refractivity contribution in [1.29, 1.82) is 0 Å². The molecule has 2 rings (SSSR count). The third-order valence-electron chi connectivity index (χ3n) is 3.31. The minimum atomic E-state index is -0.544. The Morgan fingerprint density at radius 2 is 2.11 bits per heavy atom. The van der Waals surface area contributed by atoms with Crippen molar-refractivity contribution in [2.45, 2.75) is 37.2 Å². The Kier molecular flexibility index (Phi) is 4.53. The van der Waals surface area contributed by atoms with Gasteiger partial charge in [0, 0.05) is 6.07 Å². The van der Waals surface area contributed by atoms with Gasteiger partial charge in [-0.2, -0.15) is 0 Å². The number of esters is 1. The first-order chi connectivity index (χ1) is 9.11. The van der Waals surface area contributed by atoms with Gasteiger partial charge < -0.3 is 14.6 Å². The zero-order valence-corrected chi connectivity index (χ0v) is 11.5. The van der Waals surface area contributed by atoms with Crippen LogP contribution in [0.1, 0.15) is 36.0 Å². The van der Waals surface area contributed by atoms with E-state index < -0.39 is 5.97 Å². The Balaban J connectivity index is 2.07. The minimum Gasteiger partial charge on any atom is -0.507 e. The van der Waals surface area contributed by atoms with Crippen molar-refractivity contribution >= 4 is 17.6 Å². The molecule has 19 heavy (non-hydrogen) atoms. The lowest BCUT2D eigenvalue weighted by molar-refractivity contribution is 0.0220. The van der Waals surface area contributed by atoms with E-state index in [4.69, 9.17) is 21.1 Å². The van der Waals surface area contributed by atoms with Crippen molar-refractivity contribution in [3.05, 3.63) is 23.8 Å². The molecule has 0 aliphatic heterocycles. The molecule has 0 heterocycles. The zero-order chi connectivity index (χ0) is 13.8. The molecule has 0 unspecified atom stereocenters. The number of hydrogen-bond donors (Lipinski definition) is 1. The summed E-state index contributed by atoms with van der Waals surface area (Å²) in [6.07, 6.45) is 3.43. The second kappa shape index (κ2) is 6.15. The molecular formula is C14H17ClO4. The molecule has 5 heteroatoms. The molecule has 104 valence electrons. The number of rotatable bonds is 3. The molecule has 0 saturated heterocycles. The van der Waals surface area contributed by atoms with Crippen LogP contribution in [0, 0.1) is 0 Å². The SMILES string of the molecule is COc1ccc(C(=O)O[C@H]2CCCC[C@H]2Cl)c(O)c1. The molecule has 1 saturated carbocycles. The summed E-state index contributed by atoms with van der Waals surface area (Å²) in [7, 11) is 1.49. The van der Waals surface area contributed by atoms with Crippen LogP contribution in [0.3, 0.4) is 0 Å². The number of phenols is 1. The molecule has 0 spiro atoms. The maximum atomic E-state index is 12.0. The summed E-state index contributed by atoms with van der Waals surface area (Å²) in [5.74, 6) is -0.203. The molecule has 0 amide bonds. The van der Waals surface area contributed by atoms with Crippen molar-refractivity contribution in [2.24, 2.45) is 0 Å². The zero-order valence-electron chi connectivity index (χ0n) is 10.8. The van der Waals surface area contributed by atoms with Crippen LogP contribution in [-0.2, 0) is 4.74 Å². The maximum Gasteiger partial charge on any atom is 0.342 e. The van der Waals surface area contributed by atoms with Crippen LogP contribution in [0.4, 0.5) is 0 Å². The molecule has 1 aliphatic rings. The third-order valence-corrected chi connectivity index (χ3v) is 3.80. The number of aromatic hydroxyl groups is 1. The van der Waals surface area contributed by atoms with Crippen LogP contribution < -0.4 is 4.74 Å². The van der Waals surface area contributed by atoms with Gasteiger partial charge in [0.25, 0.3) is 0 Å². The highest BCUT2D eigenvalue weighted by Crippen LogP contribution is 2.28. The molecule has 2 atom stereocenters. The number of methoxy groups -OCH3 is 1. The Bertz CT molecular complexity index is 461. The van der Waals surface area contributed by atoms with Crippen LogP contribution in [0.5, 0.6) is 11.5 Å². The van der Waals surface area contributed by atoms with Gasteiger partial charge in [-0.15, -0.1) is 11.6 Å². The topological polar surface area (TPSA) is 55.8 Å². The first-order valence-corrected chi connectivity index (χ1v) is 6.77. The first-order valence-electron chi connectivity index (χ1n) is 6.34. The van der Waals surface area contributed by atoms with Crippen LogP contribution in [0.15, 0.2) is 18.2 Å². The van der Waals surface area contributed by atoms with E-state index in [9.17, 15) is 9.90 Å². The summed E-state index contributed by atoms with van der Waals surface area (Å²) in [6, 6.07) is 4.48. The molecule has 1 N–H and O–H groups in total. The number of ether oxygens (including phenoxy) is 2. The molecular weight excluding hydrogens is 268 g/mol. The Hall–Kier alpha value is -1.42. The lowest BCUT2D eigenvalue weighted by Gasteiger charge is -2.26. The highest BCUT2D eigenvalue weighted by atomic mass is 35.5. The van der Waals surface area contributed by atoms with Crippen molar-refractivity contribution in [3.63, 3.8) is 0 Å². The van der Waals surface area contributed by atoms with Gasteiger partial charge in [-0.1, -0.05) is 6.42 Å². The number of carbonyl (C=O) groups is 1. The van der Waals surface area contributed by atoms with Crippen LogP contribution >= 0.6 is 11.6 Å². The van der Waals surface area contributed by atoms with Gasteiger partial charge in [0.1, 0.15) is 23.2 Å². The molecule has 0 aromatic heterocycles. The summed E-state index contributed by atoms with van der Waals surface area (Å²) in [6.45, 7) is 0. The standard InChI is InChI=1S/C14H17ClO4/c1-18-9-6-7-10(12(16)8-9)14(17)19-13-5-3-2-4-11(13)15/h6-8,11,13,16H,2-5H2,1H3/t11-,13+/m1/s1. The van der Waals surface area contributed by atoms with Crippen molar-refractivity contribution < 1.29 is 19.4 Å².